The first-order chi connectivity index (χ1) is 24.6. The van der Waals surface area contributed by atoms with Crippen LogP contribution >= 0.6 is 15.6 Å². The van der Waals surface area contributed by atoms with E-state index in [9.17, 15) is 9.13 Å². The first-order valence-corrected chi connectivity index (χ1v) is 19.3. The fourth-order valence-corrected chi connectivity index (χ4v) is 7.86. The van der Waals surface area contributed by atoms with E-state index in [-0.39, 0.29) is 0 Å². The number of hydrogen-bond donors (Lipinski definition) is 0. The predicted octanol–water partition coefficient (Wildman–Crippen LogP) is 12.0. The van der Waals surface area contributed by atoms with Crippen LogP contribution in [-0.4, -0.2) is 0 Å². The van der Waals surface area contributed by atoms with Crippen LogP contribution in [-0.2, 0) is 19.1 Å². The number of hydrogen-bond acceptors (Lipinski definition) is 8. The first-order valence-electron chi connectivity index (χ1n) is 16.4. The van der Waals surface area contributed by atoms with Crippen molar-refractivity contribution < 1.29 is 36.3 Å². The monoisotopic (exact) mass is 720 g/mol. The summed E-state index contributed by atoms with van der Waals surface area (Å²) in [6.07, 6.45) is -0.622. The maximum absolute atomic E-state index is 13.9. The molecule has 0 amide bonds. The zero-order valence-electron chi connectivity index (χ0n) is 28.4. The summed E-state index contributed by atoms with van der Waals surface area (Å²) in [5.74, 6) is 1.77. The Morgan fingerprint density at radius 3 is 1.06 bits per heavy atom. The Kier molecular flexibility index (Phi) is 11.0. The van der Waals surface area contributed by atoms with Gasteiger partial charge in [-0.2, -0.15) is 4.57 Å². The molecule has 0 radical (unpaired) electrons. The molecule has 0 saturated heterocycles. The van der Waals surface area contributed by atoms with Gasteiger partial charge in [-0.05, 0) is 84.3 Å². The topological polar surface area (TPSA) is 89.5 Å². The van der Waals surface area contributed by atoms with E-state index in [1.54, 1.807) is 116 Å². The van der Waals surface area contributed by atoms with Crippen molar-refractivity contribution in [2.45, 2.75) is 32.3 Å². The van der Waals surface area contributed by atoms with Gasteiger partial charge >= 0.3 is 15.6 Å². The molecule has 260 valence electrons. The third-order valence-electron chi connectivity index (χ3n) is 8.02. The van der Waals surface area contributed by atoms with Crippen LogP contribution in [0.3, 0.4) is 0 Å². The van der Waals surface area contributed by atoms with Crippen molar-refractivity contribution in [3.05, 3.63) is 187 Å². The molecule has 0 bridgehead atoms. The molecule has 0 N–H and O–H groups in total. The molecule has 0 fully saturated rings. The molecule has 0 aliphatic heterocycles. The molecule has 6 aromatic carbocycles. The average molecular weight is 721 g/mol. The van der Waals surface area contributed by atoms with E-state index in [2.05, 4.69) is 13.8 Å². The van der Waals surface area contributed by atoms with Gasteiger partial charge in [-0.15, -0.1) is 0 Å². The maximum Gasteiger partial charge on any atom is 0.647 e. The van der Waals surface area contributed by atoms with Crippen LogP contribution in [0, 0.1) is 0 Å². The van der Waals surface area contributed by atoms with E-state index in [0.717, 1.165) is 16.7 Å². The van der Waals surface area contributed by atoms with E-state index in [0.29, 0.717) is 28.7 Å². The second-order valence-corrected chi connectivity index (χ2v) is 15.0. The quantitative estimate of drug-likeness (QED) is 0.0969. The Balaban J connectivity index is 1.16. The highest BCUT2D eigenvalue weighted by Crippen LogP contribution is 2.53. The molecule has 0 saturated carbocycles. The summed E-state index contributed by atoms with van der Waals surface area (Å²) >= 11 is 0. The fourth-order valence-electron chi connectivity index (χ4n) is 5.21. The summed E-state index contributed by atoms with van der Waals surface area (Å²) < 4.78 is 62.9. The van der Waals surface area contributed by atoms with Crippen LogP contribution in [0.25, 0.3) is 0 Å². The Morgan fingerprint density at radius 2 is 0.706 bits per heavy atom. The average Bonchev–Trinajstić information content (AvgIpc) is 3.13. The summed E-state index contributed by atoms with van der Waals surface area (Å²) in [5.41, 5.74) is 2.39. The van der Waals surface area contributed by atoms with Gasteiger partial charge in [-0.3, -0.25) is 4.52 Å². The number of benzene rings is 6. The number of rotatable bonds is 15. The number of phosphoric acid groups is 2. The minimum Gasteiger partial charge on any atom is -0.395 e. The van der Waals surface area contributed by atoms with E-state index in [4.69, 9.17) is 27.1 Å². The van der Waals surface area contributed by atoms with E-state index in [1.165, 1.54) is 0 Å². The van der Waals surface area contributed by atoms with Crippen molar-refractivity contribution in [3.63, 3.8) is 0 Å². The Bertz CT molecular complexity index is 1980. The van der Waals surface area contributed by atoms with Gasteiger partial charge in [-0.1, -0.05) is 123 Å². The molecule has 10 heteroatoms. The van der Waals surface area contributed by atoms with Gasteiger partial charge in [0.15, 0.2) is 0 Å². The zero-order chi connectivity index (χ0) is 35.7. The highest BCUT2D eigenvalue weighted by molar-refractivity contribution is 7.50. The standard InChI is InChI=1S/C41H38O8P2/c1-32(44-50(42,45-36-16-8-4-9-17-36)46-37-18-10-5-11-19-37)33-24-26-34(27-25-33)41(2,3)35-28-30-40(31-29-35)49-51(43,47-38-20-12-6-13-21-38)48-39-22-14-7-15-23-39/h4-32H,1-3H3. The third kappa shape index (κ3) is 9.50. The van der Waals surface area contributed by atoms with E-state index < -0.39 is 27.2 Å². The lowest BCUT2D eigenvalue weighted by atomic mass is 9.78. The molecule has 0 aromatic heterocycles. The highest BCUT2D eigenvalue weighted by Gasteiger charge is 2.35. The molecule has 6 aromatic rings. The lowest BCUT2D eigenvalue weighted by Gasteiger charge is -2.27. The molecule has 8 nitrogen and oxygen atoms in total. The Morgan fingerprint density at radius 1 is 0.412 bits per heavy atom. The van der Waals surface area contributed by atoms with Crippen LogP contribution in [0.5, 0.6) is 28.7 Å². The SMILES string of the molecule is CC(OP(=O)(Oc1ccccc1)Oc1ccccc1)c1ccc(C(C)(C)c2ccc(OP(=O)(Oc3ccccc3)Oc3ccccc3)cc2)cc1. The number of phosphoric ester groups is 2. The second kappa shape index (κ2) is 15.7. The van der Waals surface area contributed by atoms with Crippen LogP contribution in [0.15, 0.2) is 170 Å². The van der Waals surface area contributed by atoms with Crippen molar-refractivity contribution >= 4 is 15.6 Å². The fraction of sp³-hybridized carbons (Fsp3) is 0.122. The molecule has 0 heterocycles. The van der Waals surface area contributed by atoms with Gasteiger partial charge in [0.05, 0.1) is 6.10 Å². The highest BCUT2D eigenvalue weighted by atomic mass is 31.2. The van der Waals surface area contributed by atoms with E-state index >= 15 is 0 Å². The molecule has 0 aliphatic rings. The van der Waals surface area contributed by atoms with Crippen molar-refractivity contribution in [2.24, 2.45) is 0 Å². The van der Waals surface area contributed by atoms with Crippen molar-refractivity contribution in [3.8, 4) is 28.7 Å². The maximum atomic E-state index is 13.9. The van der Waals surface area contributed by atoms with Gasteiger partial charge < -0.3 is 22.6 Å². The Labute approximate surface area is 298 Å². The van der Waals surface area contributed by atoms with Crippen LogP contribution in [0.2, 0.25) is 0 Å². The second-order valence-electron chi connectivity index (χ2n) is 12.1. The van der Waals surface area contributed by atoms with Crippen LogP contribution < -0.4 is 22.6 Å². The predicted molar refractivity (Wildman–Crippen MR) is 199 cm³/mol. The molecule has 1 unspecified atom stereocenters. The lowest BCUT2D eigenvalue weighted by molar-refractivity contribution is 0.156. The number of para-hydroxylation sites is 4. The zero-order valence-corrected chi connectivity index (χ0v) is 30.2. The lowest BCUT2D eigenvalue weighted by Crippen LogP contribution is -2.19. The summed E-state index contributed by atoms with van der Waals surface area (Å²) in [6, 6.07) is 50.3. The van der Waals surface area contributed by atoms with Gasteiger partial charge in [0.2, 0.25) is 0 Å². The molecular formula is C41H38O8P2. The molecule has 51 heavy (non-hydrogen) atoms. The smallest absolute Gasteiger partial charge is 0.395 e. The minimum atomic E-state index is -4.12. The summed E-state index contributed by atoms with van der Waals surface area (Å²) in [5, 5.41) is 0. The van der Waals surface area contributed by atoms with Gasteiger partial charge in [0.25, 0.3) is 0 Å². The van der Waals surface area contributed by atoms with Gasteiger partial charge in [0, 0.05) is 5.41 Å². The molecule has 0 aliphatic carbocycles. The largest absolute Gasteiger partial charge is 0.647 e. The molecule has 6 rings (SSSR count). The Hall–Kier alpha value is -5.26. The van der Waals surface area contributed by atoms with Crippen molar-refractivity contribution in [2.75, 3.05) is 0 Å². The molecular weight excluding hydrogens is 682 g/mol. The molecule has 0 spiro atoms. The molecule has 1 atom stereocenters. The van der Waals surface area contributed by atoms with E-state index in [1.807, 2.05) is 60.7 Å². The summed E-state index contributed by atoms with van der Waals surface area (Å²) in [6.45, 7) is 6.01. The van der Waals surface area contributed by atoms with Crippen molar-refractivity contribution in [1.82, 2.24) is 0 Å². The minimum absolute atomic E-state index is 0.325. The van der Waals surface area contributed by atoms with Crippen LogP contribution in [0.4, 0.5) is 0 Å². The normalized spacial score (nSPS) is 12.4. The summed E-state index contributed by atoms with van der Waals surface area (Å²) in [7, 11) is -8.21. The van der Waals surface area contributed by atoms with Gasteiger partial charge in [-0.25, -0.2) is 4.57 Å². The van der Waals surface area contributed by atoms with Gasteiger partial charge in [0.1, 0.15) is 28.7 Å². The first kappa shape index (κ1) is 35.6. The van der Waals surface area contributed by atoms with Crippen molar-refractivity contribution in [1.29, 1.82) is 0 Å². The summed E-state index contributed by atoms with van der Waals surface area (Å²) in [4.78, 5) is 0. The van der Waals surface area contributed by atoms with Crippen LogP contribution in [0.1, 0.15) is 43.6 Å². The third-order valence-corrected chi connectivity index (χ3v) is 10.8.